The van der Waals surface area contributed by atoms with Crippen molar-refractivity contribution in [2.45, 2.75) is 25.0 Å². The van der Waals surface area contributed by atoms with Crippen LogP contribution in [0.3, 0.4) is 0 Å². The highest BCUT2D eigenvalue weighted by atomic mass is 16.5. The molecule has 1 aromatic heterocycles. The van der Waals surface area contributed by atoms with Crippen LogP contribution in [0.25, 0.3) is 11.3 Å². The van der Waals surface area contributed by atoms with Crippen molar-refractivity contribution in [1.29, 1.82) is 0 Å². The van der Waals surface area contributed by atoms with Gasteiger partial charge in [-0.25, -0.2) is 9.97 Å². The van der Waals surface area contributed by atoms with Crippen LogP contribution in [0.15, 0.2) is 36.5 Å². The summed E-state index contributed by atoms with van der Waals surface area (Å²) in [7, 11) is 0. The molecule has 2 heterocycles. The number of hydrogen-bond acceptors (Lipinski definition) is 5. The summed E-state index contributed by atoms with van der Waals surface area (Å²) in [6.45, 7) is 0.794. The van der Waals surface area contributed by atoms with Gasteiger partial charge in [-0.15, -0.1) is 0 Å². The standard InChI is InChI=1S/C17H18N4O2/c18-17-19-9-12(15(21-17)10-4-2-1-3-5-10)16(22)20-13-8-14-11(13)6-7-23-14/h1-5,9,11,13-14H,6-8H2,(H,20,22)(H2,18,19,21)/t11-,13+,14+/m1/s1. The Bertz CT molecular complexity index is 735. The lowest BCUT2D eigenvalue weighted by atomic mass is 9.76. The van der Waals surface area contributed by atoms with E-state index in [2.05, 4.69) is 15.3 Å². The Balaban J connectivity index is 1.59. The summed E-state index contributed by atoms with van der Waals surface area (Å²) >= 11 is 0. The van der Waals surface area contributed by atoms with Crippen molar-refractivity contribution in [1.82, 2.24) is 15.3 Å². The van der Waals surface area contributed by atoms with Crippen molar-refractivity contribution in [3.8, 4) is 11.3 Å². The van der Waals surface area contributed by atoms with Crippen LogP contribution < -0.4 is 11.1 Å². The van der Waals surface area contributed by atoms with Gasteiger partial charge < -0.3 is 15.8 Å². The smallest absolute Gasteiger partial charge is 0.255 e. The first-order valence-corrected chi connectivity index (χ1v) is 7.83. The fourth-order valence-electron chi connectivity index (χ4n) is 3.39. The van der Waals surface area contributed by atoms with E-state index in [4.69, 9.17) is 10.5 Å². The first kappa shape index (κ1) is 14.1. The Morgan fingerprint density at radius 3 is 2.91 bits per heavy atom. The molecule has 0 radical (unpaired) electrons. The Morgan fingerprint density at radius 2 is 2.13 bits per heavy atom. The van der Waals surface area contributed by atoms with Crippen molar-refractivity contribution >= 4 is 11.9 Å². The molecule has 0 spiro atoms. The number of rotatable bonds is 3. The molecule has 23 heavy (non-hydrogen) atoms. The largest absolute Gasteiger partial charge is 0.378 e. The van der Waals surface area contributed by atoms with E-state index in [0.29, 0.717) is 23.3 Å². The van der Waals surface area contributed by atoms with Crippen LogP contribution >= 0.6 is 0 Å². The third-order valence-corrected chi connectivity index (χ3v) is 4.68. The Morgan fingerprint density at radius 1 is 1.30 bits per heavy atom. The van der Waals surface area contributed by atoms with Crippen LogP contribution in [-0.4, -0.2) is 34.6 Å². The van der Waals surface area contributed by atoms with Gasteiger partial charge in [-0.2, -0.15) is 0 Å². The molecule has 6 nitrogen and oxygen atoms in total. The third kappa shape index (κ3) is 2.55. The number of ether oxygens (including phenoxy) is 1. The van der Waals surface area contributed by atoms with E-state index in [1.165, 1.54) is 6.20 Å². The lowest BCUT2D eigenvalue weighted by molar-refractivity contribution is 0.00810. The number of hydrogen-bond donors (Lipinski definition) is 2. The minimum Gasteiger partial charge on any atom is -0.378 e. The number of nitrogens with two attached hydrogens (primary N) is 1. The zero-order chi connectivity index (χ0) is 15.8. The van der Waals surface area contributed by atoms with Gasteiger partial charge in [0.25, 0.3) is 5.91 Å². The van der Waals surface area contributed by atoms with E-state index >= 15 is 0 Å². The molecule has 2 aromatic rings. The maximum atomic E-state index is 12.7. The van der Waals surface area contributed by atoms with Crippen LogP contribution in [0.2, 0.25) is 0 Å². The molecule has 2 aliphatic rings. The maximum absolute atomic E-state index is 12.7. The summed E-state index contributed by atoms with van der Waals surface area (Å²) < 4.78 is 5.59. The molecule has 1 amide bonds. The lowest BCUT2D eigenvalue weighted by Gasteiger charge is -2.39. The SMILES string of the molecule is Nc1ncc(C(=O)N[C@H]2C[C@@H]3OCC[C@H]23)c(-c2ccccc2)n1. The van der Waals surface area contributed by atoms with E-state index < -0.39 is 0 Å². The second-order valence-electron chi connectivity index (χ2n) is 6.03. The quantitative estimate of drug-likeness (QED) is 0.899. The molecule has 6 heteroatoms. The average molecular weight is 310 g/mol. The van der Waals surface area contributed by atoms with Crippen molar-refractivity contribution in [2.75, 3.05) is 12.3 Å². The lowest BCUT2D eigenvalue weighted by Crippen LogP contribution is -2.53. The molecular formula is C17H18N4O2. The Hall–Kier alpha value is -2.47. The fourth-order valence-corrected chi connectivity index (χ4v) is 3.39. The molecule has 0 bridgehead atoms. The minimum atomic E-state index is -0.154. The first-order chi connectivity index (χ1) is 11.2. The molecule has 1 aliphatic heterocycles. The number of fused-ring (bicyclic) bond motifs is 1. The summed E-state index contributed by atoms with van der Waals surface area (Å²) in [5.41, 5.74) is 7.57. The number of anilines is 1. The third-order valence-electron chi connectivity index (χ3n) is 4.68. The topological polar surface area (TPSA) is 90.1 Å². The van der Waals surface area contributed by atoms with Crippen LogP contribution in [0.4, 0.5) is 5.95 Å². The number of nitrogens with zero attached hydrogens (tertiary/aromatic N) is 2. The molecule has 4 rings (SSSR count). The van der Waals surface area contributed by atoms with Gasteiger partial charge in [-0.1, -0.05) is 30.3 Å². The monoisotopic (exact) mass is 310 g/mol. The normalized spacial score (nSPS) is 25.5. The highest BCUT2D eigenvalue weighted by molar-refractivity contribution is 6.00. The molecule has 0 unspecified atom stereocenters. The zero-order valence-corrected chi connectivity index (χ0v) is 12.6. The predicted molar refractivity (Wildman–Crippen MR) is 85.6 cm³/mol. The van der Waals surface area contributed by atoms with Gasteiger partial charge in [-0.05, 0) is 12.8 Å². The molecule has 3 atom stereocenters. The molecule has 118 valence electrons. The van der Waals surface area contributed by atoms with Gasteiger partial charge in [0, 0.05) is 30.3 Å². The molecular weight excluding hydrogens is 292 g/mol. The van der Waals surface area contributed by atoms with Gasteiger partial charge in [-0.3, -0.25) is 4.79 Å². The summed E-state index contributed by atoms with van der Waals surface area (Å²) in [4.78, 5) is 20.9. The number of amides is 1. The second-order valence-corrected chi connectivity index (χ2v) is 6.03. The predicted octanol–water partition coefficient (Wildman–Crippen LogP) is 1.63. The van der Waals surface area contributed by atoms with Crippen molar-refractivity contribution < 1.29 is 9.53 Å². The van der Waals surface area contributed by atoms with Crippen molar-refractivity contribution in [2.24, 2.45) is 5.92 Å². The van der Waals surface area contributed by atoms with Crippen molar-refractivity contribution in [3.63, 3.8) is 0 Å². The number of nitrogen functional groups attached to an aromatic ring is 1. The fraction of sp³-hybridized carbons (Fsp3) is 0.353. The molecule has 1 saturated heterocycles. The number of benzene rings is 1. The van der Waals surface area contributed by atoms with Crippen LogP contribution in [-0.2, 0) is 4.74 Å². The van der Waals surface area contributed by atoms with Crippen LogP contribution in [0, 0.1) is 5.92 Å². The van der Waals surface area contributed by atoms with Gasteiger partial charge in [0.05, 0.1) is 17.4 Å². The molecule has 1 saturated carbocycles. The number of nitrogens with one attached hydrogen (secondary N) is 1. The van der Waals surface area contributed by atoms with Gasteiger partial charge in [0.2, 0.25) is 5.95 Å². The molecule has 1 aromatic carbocycles. The minimum absolute atomic E-state index is 0.154. The Kier molecular flexibility index (Phi) is 3.46. The number of aromatic nitrogens is 2. The Labute approximate surface area is 134 Å². The maximum Gasteiger partial charge on any atom is 0.255 e. The molecule has 2 fully saturated rings. The molecule has 1 aliphatic carbocycles. The summed E-state index contributed by atoms with van der Waals surface area (Å²) in [5.74, 6) is 0.446. The van der Waals surface area contributed by atoms with Crippen LogP contribution in [0.5, 0.6) is 0 Å². The van der Waals surface area contributed by atoms with Crippen molar-refractivity contribution in [3.05, 3.63) is 42.1 Å². The van der Waals surface area contributed by atoms with Gasteiger partial charge in [0.1, 0.15) is 0 Å². The number of carbonyl (C=O) groups excluding carboxylic acids is 1. The van der Waals surface area contributed by atoms with E-state index in [0.717, 1.165) is 25.0 Å². The highest BCUT2D eigenvalue weighted by Gasteiger charge is 2.45. The van der Waals surface area contributed by atoms with E-state index in [1.807, 2.05) is 30.3 Å². The summed E-state index contributed by atoms with van der Waals surface area (Å²) in [6.07, 6.45) is 3.71. The summed E-state index contributed by atoms with van der Waals surface area (Å²) in [6, 6.07) is 9.72. The zero-order valence-electron chi connectivity index (χ0n) is 12.6. The number of carbonyl (C=O) groups is 1. The molecule has 3 N–H and O–H groups in total. The summed E-state index contributed by atoms with van der Waals surface area (Å²) in [5, 5.41) is 3.09. The highest BCUT2D eigenvalue weighted by Crippen LogP contribution is 2.38. The van der Waals surface area contributed by atoms with E-state index in [1.54, 1.807) is 0 Å². The van der Waals surface area contributed by atoms with Gasteiger partial charge in [0.15, 0.2) is 0 Å². The first-order valence-electron chi connectivity index (χ1n) is 7.83. The van der Waals surface area contributed by atoms with E-state index in [9.17, 15) is 4.79 Å². The average Bonchev–Trinajstić information content (AvgIpc) is 2.94. The van der Waals surface area contributed by atoms with Gasteiger partial charge >= 0.3 is 0 Å². The van der Waals surface area contributed by atoms with Crippen LogP contribution in [0.1, 0.15) is 23.2 Å². The van der Waals surface area contributed by atoms with E-state index in [-0.39, 0.29) is 17.9 Å². The second kappa shape index (κ2) is 5.62.